The van der Waals surface area contributed by atoms with E-state index in [0.29, 0.717) is 0 Å². The number of ether oxygens (including phenoxy) is 3. The zero-order chi connectivity index (χ0) is 25.3. The van der Waals surface area contributed by atoms with Crippen molar-refractivity contribution in [2.75, 3.05) is 11.9 Å². The average molecular weight is 476 g/mol. The molecule has 0 saturated heterocycles. The van der Waals surface area contributed by atoms with Gasteiger partial charge in [0.2, 0.25) is 0 Å². The number of carbonyl (C=O) groups excluding carboxylic acids is 3. The van der Waals surface area contributed by atoms with E-state index in [4.69, 9.17) is 14.2 Å². The lowest BCUT2D eigenvalue weighted by molar-refractivity contribution is -0.152. The third-order valence-corrected chi connectivity index (χ3v) is 4.76. The number of carbonyl (C=O) groups is 3. The minimum absolute atomic E-state index is 0.00921. The van der Waals surface area contributed by atoms with E-state index in [1.54, 1.807) is 32.9 Å². The Morgan fingerprint density at radius 2 is 1.26 bits per heavy atom. The molecule has 182 valence electrons. The van der Waals surface area contributed by atoms with E-state index in [1.165, 1.54) is 6.07 Å². The highest BCUT2D eigenvalue weighted by Gasteiger charge is 2.24. The van der Waals surface area contributed by atoms with Gasteiger partial charge in [-0.3, -0.25) is 4.79 Å². The summed E-state index contributed by atoms with van der Waals surface area (Å²) in [5.74, 6) is -1.90. The Morgan fingerprint density at radius 1 is 0.714 bits per heavy atom. The number of rotatable bonds is 9. The highest BCUT2D eigenvalue weighted by atomic mass is 16.6. The Kier molecular flexibility index (Phi) is 8.62. The van der Waals surface area contributed by atoms with E-state index in [0.717, 1.165) is 11.1 Å². The van der Waals surface area contributed by atoms with E-state index < -0.39 is 23.5 Å². The molecule has 35 heavy (non-hydrogen) atoms. The van der Waals surface area contributed by atoms with Gasteiger partial charge in [0.1, 0.15) is 25.4 Å². The molecule has 0 bridgehead atoms. The molecule has 0 amide bonds. The lowest BCUT2D eigenvalue weighted by atomic mass is 10.0. The van der Waals surface area contributed by atoms with Gasteiger partial charge in [-0.1, -0.05) is 66.7 Å². The quantitative estimate of drug-likeness (QED) is 0.338. The van der Waals surface area contributed by atoms with E-state index in [1.807, 2.05) is 60.7 Å². The van der Waals surface area contributed by atoms with Crippen molar-refractivity contribution in [1.82, 2.24) is 0 Å². The second kappa shape index (κ2) is 11.8. The van der Waals surface area contributed by atoms with Crippen molar-refractivity contribution in [2.45, 2.75) is 39.6 Å². The number of esters is 3. The van der Waals surface area contributed by atoms with Crippen LogP contribution in [0.4, 0.5) is 5.69 Å². The lowest BCUT2D eigenvalue weighted by Gasteiger charge is -2.20. The average Bonchev–Trinajstić information content (AvgIpc) is 2.84. The minimum atomic E-state index is -0.715. The normalized spacial score (nSPS) is 10.8. The van der Waals surface area contributed by atoms with Crippen LogP contribution in [0, 0.1) is 0 Å². The summed E-state index contributed by atoms with van der Waals surface area (Å²) >= 11 is 0. The molecule has 0 saturated carbocycles. The predicted molar refractivity (Wildman–Crippen MR) is 132 cm³/mol. The summed E-state index contributed by atoms with van der Waals surface area (Å²) in [4.78, 5) is 38.3. The first kappa shape index (κ1) is 25.5. The molecule has 0 radical (unpaired) electrons. The number of hydrogen-bond donors (Lipinski definition) is 1. The van der Waals surface area contributed by atoms with Gasteiger partial charge in [-0.25, -0.2) is 9.59 Å². The van der Waals surface area contributed by atoms with Crippen LogP contribution < -0.4 is 5.32 Å². The first-order chi connectivity index (χ1) is 16.7. The number of hydrogen-bond acceptors (Lipinski definition) is 7. The molecule has 0 aliphatic rings. The molecule has 0 aliphatic carbocycles. The second-order valence-corrected chi connectivity index (χ2v) is 8.79. The van der Waals surface area contributed by atoms with Gasteiger partial charge in [0.25, 0.3) is 0 Å². The topological polar surface area (TPSA) is 90.9 Å². The van der Waals surface area contributed by atoms with E-state index in [9.17, 15) is 14.4 Å². The van der Waals surface area contributed by atoms with Crippen LogP contribution in [0.1, 0.15) is 52.6 Å². The molecule has 3 rings (SSSR count). The van der Waals surface area contributed by atoms with Crippen LogP contribution in [-0.2, 0) is 32.2 Å². The molecule has 0 fully saturated rings. The maximum absolute atomic E-state index is 13.1. The van der Waals surface area contributed by atoms with Crippen molar-refractivity contribution in [1.29, 1.82) is 0 Å². The van der Waals surface area contributed by atoms with Crippen LogP contribution in [0.25, 0.3) is 0 Å². The summed E-state index contributed by atoms with van der Waals surface area (Å²) in [6.07, 6.45) is 0. The van der Waals surface area contributed by atoms with Crippen molar-refractivity contribution in [3.63, 3.8) is 0 Å². The fourth-order valence-electron chi connectivity index (χ4n) is 3.23. The van der Waals surface area contributed by atoms with Crippen molar-refractivity contribution in [2.24, 2.45) is 0 Å². The Bertz CT molecular complexity index is 1150. The standard InChI is InChI=1S/C28H29NO6/c1-28(2,3)35-24(30)17-29-23-16-10-15-22(26(31)33-18-20-11-6-4-7-12-20)25(23)27(32)34-19-21-13-8-5-9-14-21/h4-16,29H,17-19H2,1-3H3. The Labute approximate surface area is 205 Å². The van der Waals surface area contributed by atoms with Crippen LogP contribution in [0.15, 0.2) is 78.9 Å². The molecule has 1 N–H and O–H groups in total. The molecule has 0 heterocycles. The van der Waals surface area contributed by atoms with Gasteiger partial charge in [0.15, 0.2) is 0 Å². The van der Waals surface area contributed by atoms with Crippen molar-refractivity contribution < 1.29 is 28.6 Å². The zero-order valence-electron chi connectivity index (χ0n) is 20.1. The molecular weight excluding hydrogens is 446 g/mol. The summed E-state index contributed by atoms with van der Waals surface area (Å²) in [7, 11) is 0. The van der Waals surface area contributed by atoms with Gasteiger partial charge in [-0.05, 0) is 44.0 Å². The van der Waals surface area contributed by atoms with Gasteiger partial charge < -0.3 is 19.5 Å². The van der Waals surface area contributed by atoms with Crippen LogP contribution in [0.3, 0.4) is 0 Å². The molecule has 7 heteroatoms. The maximum Gasteiger partial charge on any atom is 0.341 e. The number of anilines is 1. The zero-order valence-corrected chi connectivity index (χ0v) is 20.1. The molecule has 3 aromatic carbocycles. The Morgan fingerprint density at radius 3 is 1.80 bits per heavy atom. The summed E-state index contributed by atoms with van der Waals surface area (Å²) in [5, 5.41) is 2.90. The van der Waals surface area contributed by atoms with Gasteiger partial charge in [0, 0.05) is 0 Å². The van der Waals surface area contributed by atoms with Crippen molar-refractivity contribution >= 4 is 23.6 Å². The first-order valence-electron chi connectivity index (χ1n) is 11.2. The van der Waals surface area contributed by atoms with Gasteiger partial charge in [0.05, 0.1) is 16.8 Å². The molecule has 7 nitrogen and oxygen atoms in total. The SMILES string of the molecule is CC(C)(C)OC(=O)CNc1cccc(C(=O)OCc2ccccc2)c1C(=O)OCc1ccccc1. The van der Waals surface area contributed by atoms with Crippen molar-refractivity contribution in [3.05, 3.63) is 101 Å². The Hall–Kier alpha value is -4.13. The monoisotopic (exact) mass is 475 g/mol. The third kappa shape index (κ3) is 7.99. The lowest BCUT2D eigenvalue weighted by Crippen LogP contribution is -2.28. The van der Waals surface area contributed by atoms with Crippen LogP contribution >= 0.6 is 0 Å². The molecule has 0 spiro atoms. The van der Waals surface area contributed by atoms with E-state index >= 15 is 0 Å². The van der Waals surface area contributed by atoms with Gasteiger partial charge >= 0.3 is 17.9 Å². The molecule has 0 aliphatic heterocycles. The van der Waals surface area contributed by atoms with E-state index in [2.05, 4.69) is 5.32 Å². The predicted octanol–water partition coefficient (Wildman–Crippen LogP) is 5.15. The van der Waals surface area contributed by atoms with Crippen LogP contribution in [0.5, 0.6) is 0 Å². The molecular formula is C28H29NO6. The second-order valence-electron chi connectivity index (χ2n) is 8.79. The summed E-state index contributed by atoms with van der Waals surface area (Å²) in [5.41, 5.74) is 1.25. The van der Waals surface area contributed by atoms with Gasteiger partial charge in [-0.15, -0.1) is 0 Å². The fraction of sp³-hybridized carbons (Fsp3) is 0.250. The number of nitrogens with one attached hydrogen (secondary N) is 1. The molecule has 0 aromatic heterocycles. The summed E-state index contributed by atoms with van der Waals surface area (Å²) in [6.45, 7) is 5.17. The minimum Gasteiger partial charge on any atom is -0.459 e. The van der Waals surface area contributed by atoms with Crippen LogP contribution in [0.2, 0.25) is 0 Å². The fourth-order valence-corrected chi connectivity index (χ4v) is 3.23. The summed E-state index contributed by atoms with van der Waals surface area (Å²) < 4.78 is 16.3. The largest absolute Gasteiger partial charge is 0.459 e. The van der Waals surface area contributed by atoms with E-state index in [-0.39, 0.29) is 36.6 Å². The smallest absolute Gasteiger partial charge is 0.341 e. The van der Waals surface area contributed by atoms with Gasteiger partial charge in [-0.2, -0.15) is 0 Å². The third-order valence-electron chi connectivity index (χ3n) is 4.76. The maximum atomic E-state index is 13.1. The van der Waals surface area contributed by atoms with Crippen molar-refractivity contribution in [3.8, 4) is 0 Å². The molecule has 3 aromatic rings. The highest BCUT2D eigenvalue weighted by molar-refractivity contribution is 6.07. The highest BCUT2D eigenvalue weighted by Crippen LogP contribution is 2.23. The summed E-state index contributed by atoms with van der Waals surface area (Å²) in [6, 6.07) is 23.1. The van der Waals surface area contributed by atoms with Crippen LogP contribution in [-0.4, -0.2) is 30.1 Å². The molecule has 0 atom stereocenters. The molecule has 0 unspecified atom stereocenters. The first-order valence-corrected chi connectivity index (χ1v) is 11.2. The number of benzene rings is 3. The Balaban J connectivity index is 1.82.